The second-order valence-electron chi connectivity index (χ2n) is 6.15. The van der Waals surface area contributed by atoms with Gasteiger partial charge in [-0.1, -0.05) is 23.4 Å². The van der Waals surface area contributed by atoms with E-state index in [4.69, 9.17) is 0 Å². The van der Waals surface area contributed by atoms with Gasteiger partial charge in [-0.3, -0.25) is 4.55 Å². The van der Waals surface area contributed by atoms with Crippen molar-refractivity contribution in [1.29, 1.82) is 0 Å². The van der Waals surface area contributed by atoms with Crippen LogP contribution in [0.4, 0.5) is 4.39 Å². The van der Waals surface area contributed by atoms with Gasteiger partial charge in [0.25, 0.3) is 10.1 Å². The molecule has 0 spiro atoms. The van der Waals surface area contributed by atoms with Gasteiger partial charge in [0, 0.05) is 5.56 Å². The third-order valence-electron chi connectivity index (χ3n) is 4.17. The summed E-state index contributed by atoms with van der Waals surface area (Å²) in [6.07, 6.45) is 1.02. The summed E-state index contributed by atoms with van der Waals surface area (Å²) in [5.41, 5.74) is 1.59. The summed E-state index contributed by atoms with van der Waals surface area (Å²) < 4.78 is 48.4. The molecule has 1 N–H and O–H groups in total. The molecule has 8 nitrogen and oxygen atoms in total. The monoisotopic (exact) mass is 411 g/mol. The fourth-order valence-corrected chi connectivity index (χ4v) is 3.45. The van der Waals surface area contributed by atoms with Crippen LogP contribution in [-0.2, 0) is 10.1 Å². The first-order chi connectivity index (χ1) is 13.8. The molecular formula is C19H14FN5O3S. The minimum atomic E-state index is -4.62. The van der Waals surface area contributed by atoms with Crippen LogP contribution in [-0.4, -0.2) is 37.9 Å². The Hall–Kier alpha value is -3.50. The molecule has 0 fully saturated rings. The summed E-state index contributed by atoms with van der Waals surface area (Å²) in [6, 6.07) is 14.6. The molecule has 0 atom stereocenters. The first-order valence-electron chi connectivity index (χ1n) is 8.43. The third kappa shape index (κ3) is 3.62. The number of hydrogen-bond acceptors (Lipinski definition) is 6. The largest absolute Gasteiger partial charge is 0.298 e. The zero-order valence-corrected chi connectivity index (χ0v) is 15.9. The van der Waals surface area contributed by atoms with E-state index in [2.05, 4.69) is 20.3 Å². The number of nitrogens with zero attached hydrogens (tertiary/aromatic N) is 5. The molecule has 146 valence electrons. The Morgan fingerprint density at radius 3 is 2.34 bits per heavy atom. The number of aryl methyl sites for hydroxylation is 1. The Kier molecular flexibility index (Phi) is 4.65. The lowest BCUT2D eigenvalue weighted by Crippen LogP contribution is -2.06. The highest BCUT2D eigenvalue weighted by Gasteiger charge is 2.26. The average Bonchev–Trinajstić information content (AvgIpc) is 3.13. The van der Waals surface area contributed by atoms with Gasteiger partial charge in [0.1, 0.15) is 33.6 Å². The fraction of sp³-hybridized carbons (Fsp3) is 0.0526. The van der Waals surface area contributed by atoms with Crippen molar-refractivity contribution >= 4 is 10.1 Å². The van der Waals surface area contributed by atoms with Crippen LogP contribution in [0.25, 0.3) is 28.3 Å². The lowest BCUT2D eigenvalue weighted by molar-refractivity contribution is 0.482. The van der Waals surface area contributed by atoms with E-state index in [1.165, 1.54) is 28.9 Å². The van der Waals surface area contributed by atoms with Crippen molar-refractivity contribution in [2.75, 3.05) is 0 Å². The summed E-state index contributed by atoms with van der Waals surface area (Å²) in [7, 11) is -4.62. The Bertz CT molecular complexity index is 1290. The van der Waals surface area contributed by atoms with Crippen molar-refractivity contribution in [3.63, 3.8) is 0 Å². The Balaban J connectivity index is 2.05. The van der Waals surface area contributed by atoms with Gasteiger partial charge >= 0.3 is 0 Å². The van der Waals surface area contributed by atoms with Crippen LogP contribution < -0.4 is 0 Å². The minimum absolute atomic E-state index is 0.0958. The first-order valence-corrected chi connectivity index (χ1v) is 9.87. The smallest absolute Gasteiger partial charge is 0.282 e. The van der Waals surface area contributed by atoms with Crippen molar-refractivity contribution in [3.8, 4) is 28.3 Å². The van der Waals surface area contributed by atoms with Gasteiger partial charge < -0.3 is 0 Å². The highest BCUT2D eigenvalue weighted by atomic mass is 32.2. The maximum absolute atomic E-state index is 13.5. The number of rotatable bonds is 4. The Labute approximate surface area is 165 Å². The molecule has 0 saturated heterocycles. The van der Waals surface area contributed by atoms with Gasteiger partial charge in [0.05, 0.1) is 11.9 Å². The SMILES string of the molecule is Cc1ncc(S(=O)(=O)O)c(-c2nnn(-c3ccccc3)c2-c2ccc(F)cc2)n1. The van der Waals surface area contributed by atoms with Gasteiger partial charge in [0.15, 0.2) is 0 Å². The van der Waals surface area contributed by atoms with E-state index in [1.54, 1.807) is 19.1 Å². The molecule has 0 amide bonds. The van der Waals surface area contributed by atoms with Crippen LogP contribution in [0.5, 0.6) is 0 Å². The van der Waals surface area contributed by atoms with Gasteiger partial charge in [0.2, 0.25) is 0 Å². The molecule has 0 radical (unpaired) electrons. The van der Waals surface area contributed by atoms with Crippen molar-refractivity contribution in [2.24, 2.45) is 0 Å². The van der Waals surface area contributed by atoms with Gasteiger partial charge in [-0.2, -0.15) is 8.42 Å². The van der Waals surface area contributed by atoms with E-state index in [1.807, 2.05) is 18.2 Å². The quantitative estimate of drug-likeness (QED) is 0.514. The predicted octanol–water partition coefficient (Wildman–Crippen LogP) is 3.09. The number of halogens is 1. The zero-order valence-electron chi connectivity index (χ0n) is 15.1. The highest BCUT2D eigenvalue weighted by molar-refractivity contribution is 7.86. The molecule has 0 saturated carbocycles. The standard InChI is InChI=1S/C19H14FN5O3S/c1-12-21-11-16(29(26,27)28)17(22-12)18-19(13-7-9-14(20)10-8-13)25(24-23-18)15-5-3-2-4-6-15/h2-11H,1H3,(H,26,27,28). The number of hydrogen-bond donors (Lipinski definition) is 1. The molecule has 29 heavy (non-hydrogen) atoms. The Morgan fingerprint density at radius 2 is 1.69 bits per heavy atom. The lowest BCUT2D eigenvalue weighted by Gasteiger charge is -2.10. The summed E-state index contributed by atoms with van der Waals surface area (Å²) in [5.74, 6) is -0.141. The summed E-state index contributed by atoms with van der Waals surface area (Å²) in [5, 5.41) is 8.28. The molecule has 0 unspecified atom stereocenters. The van der Waals surface area contributed by atoms with E-state index in [9.17, 15) is 17.4 Å². The average molecular weight is 411 g/mol. The van der Waals surface area contributed by atoms with Crippen molar-refractivity contribution in [1.82, 2.24) is 25.0 Å². The molecule has 0 aliphatic carbocycles. The normalized spacial score (nSPS) is 11.6. The van der Waals surface area contributed by atoms with Crippen LogP contribution in [0, 0.1) is 12.7 Å². The molecule has 0 bridgehead atoms. The fourth-order valence-electron chi connectivity index (χ4n) is 2.88. The molecule has 4 rings (SSSR count). The van der Waals surface area contributed by atoms with Crippen LogP contribution >= 0.6 is 0 Å². The molecule has 2 aromatic heterocycles. The third-order valence-corrected chi connectivity index (χ3v) is 5.02. The lowest BCUT2D eigenvalue weighted by atomic mass is 10.1. The number of benzene rings is 2. The molecular weight excluding hydrogens is 397 g/mol. The molecule has 4 aromatic rings. The number of para-hydroxylation sites is 1. The molecule has 0 aliphatic heterocycles. The summed E-state index contributed by atoms with van der Waals surface area (Å²) in [4.78, 5) is 7.54. The topological polar surface area (TPSA) is 111 Å². The minimum Gasteiger partial charge on any atom is -0.282 e. The molecule has 0 aliphatic rings. The van der Waals surface area contributed by atoms with Crippen LogP contribution in [0.15, 0.2) is 65.7 Å². The highest BCUT2D eigenvalue weighted by Crippen LogP contribution is 2.34. The first kappa shape index (κ1) is 18.8. The summed E-state index contributed by atoms with van der Waals surface area (Å²) in [6.45, 7) is 1.58. The maximum Gasteiger partial charge on any atom is 0.298 e. The van der Waals surface area contributed by atoms with E-state index in [-0.39, 0.29) is 17.2 Å². The van der Waals surface area contributed by atoms with Crippen LogP contribution in [0.2, 0.25) is 0 Å². The van der Waals surface area contributed by atoms with E-state index in [0.717, 1.165) is 6.20 Å². The van der Waals surface area contributed by atoms with Crippen molar-refractivity contribution < 1.29 is 17.4 Å². The van der Waals surface area contributed by atoms with Gasteiger partial charge in [-0.05, 0) is 43.3 Å². The van der Waals surface area contributed by atoms with Gasteiger partial charge in [-0.25, -0.2) is 19.0 Å². The van der Waals surface area contributed by atoms with E-state index in [0.29, 0.717) is 16.9 Å². The summed E-state index contributed by atoms with van der Waals surface area (Å²) >= 11 is 0. The Morgan fingerprint density at radius 1 is 1.00 bits per heavy atom. The zero-order chi connectivity index (χ0) is 20.6. The van der Waals surface area contributed by atoms with Crippen molar-refractivity contribution in [2.45, 2.75) is 11.8 Å². The van der Waals surface area contributed by atoms with Crippen LogP contribution in [0.1, 0.15) is 5.82 Å². The molecule has 2 heterocycles. The van der Waals surface area contributed by atoms with Crippen LogP contribution in [0.3, 0.4) is 0 Å². The second kappa shape index (κ2) is 7.15. The number of aromatic nitrogens is 5. The van der Waals surface area contributed by atoms with E-state index < -0.39 is 20.8 Å². The van der Waals surface area contributed by atoms with E-state index >= 15 is 0 Å². The van der Waals surface area contributed by atoms with Gasteiger partial charge in [-0.15, -0.1) is 5.10 Å². The van der Waals surface area contributed by atoms with Crippen molar-refractivity contribution in [3.05, 3.63) is 72.4 Å². The molecule has 2 aromatic carbocycles. The maximum atomic E-state index is 13.5. The second-order valence-corrected chi connectivity index (χ2v) is 7.54. The molecule has 10 heteroatoms. The predicted molar refractivity (Wildman–Crippen MR) is 102 cm³/mol.